The van der Waals surface area contributed by atoms with E-state index in [9.17, 15) is 9.59 Å². The molecule has 0 aliphatic rings. The molecule has 7 nitrogen and oxygen atoms in total. The molecule has 0 fully saturated rings. The molecule has 4 N–H and O–H groups in total. The Morgan fingerprint density at radius 2 is 2.07 bits per heavy atom. The minimum Gasteiger partial charge on any atom is -0.493 e. The summed E-state index contributed by atoms with van der Waals surface area (Å²) >= 11 is 1.64. The minimum absolute atomic E-state index is 0.387. The Morgan fingerprint density at radius 3 is 2.67 bits per heavy atom. The van der Waals surface area contributed by atoms with Crippen LogP contribution >= 0.6 is 11.3 Å². The molecule has 3 amide bonds. The largest absolute Gasteiger partial charge is 0.493 e. The van der Waals surface area contributed by atoms with Crippen molar-refractivity contribution >= 4 is 23.3 Å². The van der Waals surface area contributed by atoms with E-state index in [0.29, 0.717) is 31.2 Å². The highest BCUT2D eigenvalue weighted by atomic mass is 32.1. The zero-order valence-corrected chi connectivity index (χ0v) is 16.6. The number of carbonyl (C=O) groups excluding carboxylic acids is 2. The number of thiophene rings is 1. The Labute approximate surface area is 163 Å². The average Bonchev–Trinajstić information content (AvgIpc) is 3.17. The lowest BCUT2D eigenvalue weighted by Crippen LogP contribution is -3.15. The van der Waals surface area contributed by atoms with Crippen LogP contribution in [0.4, 0.5) is 4.79 Å². The van der Waals surface area contributed by atoms with Crippen LogP contribution in [0.2, 0.25) is 0 Å². The van der Waals surface area contributed by atoms with Gasteiger partial charge in [-0.1, -0.05) is 6.07 Å². The summed E-state index contributed by atoms with van der Waals surface area (Å²) in [5.41, 5.74) is 6.04. The molecular formula is C19H26N3O4S+. The summed E-state index contributed by atoms with van der Waals surface area (Å²) < 4.78 is 11.3. The molecule has 0 saturated heterocycles. The van der Waals surface area contributed by atoms with E-state index in [1.54, 1.807) is 25.4 Å². The second-order valence-electron chi connectivity index (χ2n) is 6.12. The molecule has 27 heavy (non-hydrogen) atoms. The maximum atomic E-state index is 12.0. The van der Waals surface area contributed by atoms with Crippen LogP contribution in [0.25, 0.3) is 0 Å². The summed E-state index contributed by atoms with van der Waals surface area (Å²) in [4.78, 5) is 25.1. The summed E-state index contributed by atoms with van der Waals surface area (Å²) in [5.74, 6) is 0.934. The molecule has 1 aromatic heterocycles. The lowest BCUT2D eigenvalue weighted by Gasteiger charge is -2.24. The van der Waals surface area contributed by atoms with Crippen molar-refractivity contribution in [3.05, 3.63) is 46.2 Å². The summed E-state index contributed by atoms with van der Waals surface area (Å²) in [6.45, 7) is 5.56. The number of rotatable bonds is 9. The van der Waals surface area contributed by atoms with Crippen LogP contribution in [0.15, 0.2) is 35.7 Å². The maximum Gasteiger partial charge on any atom is 0.319 e. The average molecular weight is 393 g/mol. The van der Waals surface area contributed by atoms with Gasteiger partial charge in [-0.25, -0.2) is 4.79 Å². The van der Waals surface area contributed by atoms with Crippen molar-refractivity contribution in [3.63, 3.8) is 0 Å². The number of nitrogens with one attached hydrogen (secondary N) is 2. The number of carbonyl (C=O) groups is 2. The summed E-state index contributed by atoms with van der Waals surface area (Å²) in [5, 5.41) is 4.15. The third-order valence-electron chi connectivity index (χ3n) is 4.32. The first-order valence-electron chi connectivity index (χ1n) is 8.71. The smallest absolute Gasteiger partial charge is 0.319 e. The standard InChI is InChI=1S/C19H25N3O4S/c1-4-22(13(2)18(23)21-19(20)24)11-14-7-8-16(17(10-14)25-3)26-12-15-6-5-9-27-15/h5-10,13H,4,11-12H2,1-3H3,(H3,20,21,23,24)/p+1/t13-/m1/s1. The van der Waals surface area contributed by atoms with Crippen molar-refractivity contribution in [2.75, 3.05) is 13.7 Å². The van der Waals surface area contributed by atoms with Crippen LogP contribution in [-0.2, 0) is 17.9 Å². The van der Waals surface area contributed by atoms with Gasteiger partial charge in [-0.2, -0.15) is 0 Å². The van der Waals surface area contributed by atoms with Crippen LogP contribution < -0.4 is 25.4 Å². The number of quaternary nitrogens is 1. The predicted molar refractivity (Wildman–Crippen MR) is 104 cm³/mol. The van der Waals surface area contributed by atoms with Crippen LogP contribution in [0, 0.1) is 0 Å². The molecule has 1 aromatic carbocycles. The second-order valence-corrected chi connectivity index (χ2v) is 7.15. The molecule has 2 rings (SSSR count). The van der Waals surface area contributed by atoms with E-state index in [2.05, 4.69) is 5.32 Å². The first-order valence-corrected chi connectivity index (χ1v) is 9.59. The molecule has 0 saturated carbocycles. The number of ether oxygens (including phenoxy) is 2. The van der Waals surface area contributed by atoms with Gasteiger partial charge in [0.05, 0.1) is 13.7 Å². The predicted octanol–water partition coefficient (Wildman–Crippen LogP) is 1.32. The number of hydrogen-bond acceptors (Lipinski definition) is 5. The van der Waals surface area contributed by atoms with Crippen molar-refractivity contribution in [1.82, 2.24) is 5.32 Å². The van der Waals surface area contributed by atoms with E-state index in [4.69, 9.17) is 15.2 Å². The zero-order chi connectivity index (χ0) is 19.8. The molecule has 0 aliphatic carbocycles. The van der Waals surface area contributed by atoms with E-state index >= 15 is 0 Å². The Bertz CT molecular complexity index is 764. The molecule has 146 valence electrons. The van der Waals surface area contributed by atoms with Gasteiger partial charge in [0, 0.05) is 10.4 Å². The van der Waals surface area contributed by atoms with Crippen LogP contribution in [-0.4, -0.2) is 31.6 Å². The van der Waals surface area contributed by atoms with Crippen molar-refractivity contribution in [1.29, 1.82) is 0 Å². The van der Waals surface area contributed by atoms with E-state index in [1.807, 2.05) is 42.6 Å². The van der Waals surface area contributed by atoms with Gasteiger partial charge >= 0.3 is 6.03 Å². The van der Waals surface area contributed by atoms with Crippen LogP contribution in [0.1, 0.15) is 24.3 Å². The van der Waals surface area contributed by atoms with Crippen molar-refractivity contribution < 1.29 is 24.0 Å². The van der Waals surface area contributed by atoms with E-state index < -0.39 is 12.1 Å². The number of hydrogen-bond donors (Lipinski definition) is 3. The summed E-state index contributed by atoms with van der Waals surface area (Å²) in [6.07, 6.45) is 0. The number of amides is 3. The topological polar surface area (TPSA) is 95.1 Å². The van der Waals surface area contributed by atoms with Gasteiger partial charge in [-0.15, -0.1) is 11.3 Å². The van der Waals surface area contributed by atoms with Gasteiger partial charge in [-0.3, -0.25) is 10.1 Å². The van der Waals surface area contributed by atoms with Crippen molar-refractivity contribution in [3.8, 4) is 11.5 Å². The number of urea groups is 1. The Balaban J connectivity index is 2.06. The van der Waals surface area contributed by atoms with E-state index in [-0.39, 0.29) is 5.91 Å². The first kappa shape index (κ1) is 20.7. The third-order valence-corrected chi connectivity index (χ3v) is 5.17. The molecule has 8 heteroatoms. The van der Waals surface area contributed by atoms with Gasteiger partial charge in [0.15, 0.2) is 17.5 Å². The van der Waals surface area contributed by atoms with Gasteiger partial charge < -0.3 is 20.1 Å². The normalized spacial score (nSPS) is 12.9. The highest BCUT2D eigenvalue weighted by Crippen LogP contribution is 2.29. The number of benzene rings is 1. The number of primary amides is 1. The summed E-state index contributed by atoms with van der Waals surface area (Å²) in [6, 6.07) is 8.51. The fourth-order valence-corrected chi connectivity index (χ4v) is 3.36. The molecule has 1 heterocycles. The van der Waals surface area contributed by atoms with Crippen LogP contribution in [0.3, 0.4) is 0 Å². The highest BCUT2D eigenvalue weighted by Gasteiger charge is 2.25. The third kappa shape index (κ3) is 5.97. The van der Waals surface area contributed by atoms with Gasteiger partial charge in [0.1, 0.15) is 13.2 Å². The van der Waals surface area contributed by atoms with Gasteiger partial charge in [-0.05, 0) is 43.5 Å². The van der Waals surface area contributed by atoms with Crippen molar-refractivity contribution in [2.45, 2.75) is 33.0 Å². The molecule has 1 unspecified atom stereocenters. The molecule has 2 atom stereocenters. The van der Waals surface area contributed by atoms with Gasteiger partial charge in [0.2, 0.25) is 0 Å². The quantitative estimate of drug-likeness (QED) is 0.600. The van der Waals surface area contributed by atoms with E-state index in [0.717, 1.165) is 15.3 Å². The number of imide groups is 1. The van der Waals surface area contributed by atoms with Crippen molar-refractivity contribution in [2.24, 2.45) is 5.73 Å². The molecule has 0 spiro atoms. The Hall–Kier alpha value is -2.58. The zero-order valence-electron chi connectivity index (χ0n) is 15.8. The lowest BCUT2D eigenvalue weighted by molar-refractivity contribution is -0.926. The van der Waals surface area contributed by atoms with E-state index in [1.165, 1.54) is 0 Å². The van der Waals surface area contributed by atoms with Gasteiger partial charge in [0.25, 0.3) is 5.91 Å². The monoisotopic (exact) mass is 392 g/mol. The number of methoxy groups -OCH3 is 1. The SMILES string of the molecule is CC[NH+](Cc1ccc(OCc2cccs2)c(OC)c1)[C@H](C)C(=O)NC(N)=O. The molecular weight excluding hydrogens is 366 g/mol. The highest BCUT2D eigenvalue weighted by molar-refractivity contribution is 7.09. The fourth-order valence-electron chi connectivity index (χ4n) is 2.75. The molecule has 0 bridgehead atoms. The number of likely N-dealkylation sites (N-methyl/N-ethyl adjacent to an activating group) is 1. The minimum atomic E-state index is -0.837. The van der Waals surface area contributed by atoms with Crippen LogP contribution in [0.5, 0.6) is 11.5 Å². The first-order chi connectivity index (χ1) is 12.9. The fraction of sp³-hybridized carbons (Fsp3) is 0.368. The molecule has 0 radical (unpaired) electrons. The maximum absolute atomic E-state index is 12.0. The lowest BCUT2D eigenvalue weighted by atomic mass is 10.1. The Morgan fingerprint density at radius 1 is 1.30 bits per heavy atom. The molecule has 0 aliphatic heterocycles. The summed E-state index contributed by atoms with van der Waals surface area (Å²) in [7, 11) is 1.60. The number of nitrogens with two attached hydrogens (primary N) is 1. The molecule has 2 aromatic rings. The Kier molecular flexibility index (Phi) is 7.63. The second kappa shape index (κ2) is 9.94.